The van der Waals surface area contributed by atoms with Crippen molar-refractivity contribution in [3.8, 4) is 0 Å². The predicted octanol–water partition coefficient (Wildman–Crippen LogP) is 1.98. The Hall–Kier alpha value is -1.63. The van der Waals surface area contributed by atoms with Crippen LogP contribution >= 0.6 is 15.9 Å². The van der Waals surface area contributed by atoms with Crippen molar-refractivity contribution in [2.45, 2.75) is 26.9 Å². The molecule has 108 valence electrons. The molecular weight excluding hydrogens is 322 g/mol. The number of carbonyl (C=O) groups is 1. The Morgan fingerprint density at radius 2 is 2.20 bits per heavy atom. The number of halogens is 1. The Bertz CT molecular complexity index is 631. The third-order valence-corrected chi connectivity index (χ3v) is 4.26. The molecule has 0 saturated carbocycles. The first-order valence-electron chi connectivity index (χ1n) is 6.41. The summed E-state index contributed by atoms with van der Waals surface area (Å²) in [6.07, 6.45) is 1.75. The van der Waals surface area contributed by atoms with Crippen LogP contribution in [-0.4, -0.2) is 37.4 Å². The van der Waals surface area contributed by atoms with Gasteiger partial charge in [-0.05, 0) is 35.8 Å². The highest BCUT2D eigenvalue weighted by Gasteiger charge is 2.21. The zero-order chi connectivity index (χ0) is 14.9. The minimum atomic E-state index is -0.107. The lowest BCUT2D eigenvalue weighted by atomic mass is 10.3. The summed E-state index contributed by atoms with van der Waals surface area (Å²) >= 11 is 3.43. The SMILES string of the molecule is CCn1nccc1CN(C)C(=O)c1nn(C)c(C)c1Br. The van der Waals surface area contributed by atoms with E-state index in [0.29, 0.717) is 12.2 Å². The van der Waals surface area contributed by atoms with Crippen LogP contribution in [0.1, 0.15) is 28.8 Å². The summed E-state index contributed by atoms with van der Waals surface area (Å²) in [4.78, 5) is 14.1. The number of aryl methyl sites for hydroxylation is 2. The van der Waals surface area contributed by atoms with Gasteiger partial charge in [0, 0.05) is 26.8 Å². The monoisotopic (exact) mass is 339 g/mol. The van der Waals surface area contributed by atoms with Crippen LogP contribution in [0.4, 0.5) is 0 Å². The van der Waals surface area contributed by atoms with Gasteiger partial charge < -0.3 is 4.90 Å². The number of aromatic nitrogens is 4. The van der Waals surface area contributed by atoms with Crippen molar-refractivity contribution in [2.24, 2.45) is 7.05 Å². The van der Waals surface area contributed by atoms with Gasteiger partial charge in [0.1, 0.15) is 0 Å². The highest BCUT2D eigenvalue weighted by atomic mass is 79.9. The summed E-state index contributed by atoms with van der Waals surface area (Å²) < 4.78 is 4.32. The van der Waals surface area contributed by atoms with Crippen LogP contribution in [0, 0.1) is 6.92 Å². The fraction of sp³-hybridized carbons (Fsp3) is 0.462. The lowest BCUT2D eigenvalue weighted by molar-refractivity contribution is 0.0774. The van der Waals surface area contributed by atoms with Crippen LogP contribution in [0.25, 0.3) is 0 Å². The number of carbonyl (C=O) groups excluding carboxylic acids is 1. The molecule has 0 radical (unpaired) electrons. The van der Waals surface area contributed by atoms with Crippen LogP contribution in [0.3, 0.4) is 0 Å². The van der Waals surface area contributed by atoms with Crippen LogP contribution in [0.15, 0.2) is 16.7 Å². The first kappa shape index (κ1) is 14.8. The molecule has 1 amide bonds. The van der Waals surface area contributed by atoms with Crippen LogP contribution < -0.4 is 0 Å². The number of rotatable bonds is 4. The molecule has 2 heterocycles. The second kappa shape index (κ2) is 5.78. The number of hydrogen-bond acceptors (Lipinski definition) is 3. The molecule has 0 aliphatic carbocycles. The van der Waals surface area contributed by atoms with Gasteiger partial charge in [-0.3, -0.25) is 14.2 Å². The van der Waals surface area contributed by atoms with Gasteiger partial charge in [0.2, 0.25) is 0 Å². The molecule has 0 bridgehead atoms. The fourth-order valence-electron chi connectivity index (χ4n) is 1.99. The average Bonchev–Trinajstić information content (AvgIpc) is 2.98. The minimum absolute atomic E-state index is 0.107. The molecular formula is C13H18BrN5O. The van der Waals surface area contributed by atoms with Crippen molar-refractivity contribution in [2.75, 3.05) is 7.05 Å². The number of nitrogens with zero attached hydrogens (tertiary/aromatic N) is 5. The lowest BCUT2D eigenvalue weighted by Gasteiger charge is -2.16. The largest absolute Gasteiger partial charge is 0.334 e. The third kappa shape index (κ3) is 2.63. The van der Waals surface area contributed by atoms with E-state index in [9.17, 15) is 4.79 Å². The molecule has 0 spiro atoms. The van der Waals surface area contributed by atoms with Gasteiger partial charge in [-0.2, -0.15) is 10.2 Å². The summed E-state index contributed by atoms with van der Waals surface area (Å²) in [6.45, 7) is 5.24. The summed E-state index contributed by atoms with van der Waals surface area (Å²) in [7, 11) is 3.59. The Morgan fingerprint density at radius 1 is 1.50 bits per heavy atom. The summed E-state index contributed by atoms with van der Waals surface area (Å²) in [5.41, 5.74) is 2.38. The van der Waals surface area contributed by atoms with Crippen molar-refractivity contribution in [1.82, 2.24) is 24.5 Å². The molecule has 2 aromatic rings. The molecule has 0 aromatic carbocycles. The van der Waals surface area contributed by atoms with Crippen LogP contribution in [-0.2, 0) is 20.1 Å². The molecule has 0 atom stereocenters. The molecule has 0 N–H and O–H groups in total. The fourth-order valence-corrected chi connectivity index (χ4v) is 2.50. The van der Waals surface area contributed by atoms with Gasteiger partial charge >= 0.3 is 0 Å². The van der Waals surface area contributed by atoms with Gasteiger partial charge in [-0.25, -0.2) is 0 Å². The molecule has 0 aliphatic rings. The van der Waals surface area contributed by atoms with E-state index in [1.807, 2.05) is 31.6 Å². The van der Waals surface area contributed by atoms with Gasteiger partial charge in [0.25, 0.3) is 5.91 Å². The molecule has 0 unspecified atom stereocenters. The minimum Gasteiger partial charge on any atom is -0.334 e. The standard InChI is InChI=1S/C13H18BrN5O/c1-5-19-10(6-7-15-19)8-17(3)13(20)12-11(14)9(2)18(4)16-12/h6-7H,5,8H2,1-4H3. The molecule has 0 fully saturated rings. The molecule has 2 aromatic heterocycles. The highest BCUT2D eigenvalue weighted by molar-refractivity contribution is 9.10. The maximum absolute atomic E-state index is 12.4. The van der Waals surface area contributed by atoms with E-state index in [1.54, 1.807) is 22.8 Å². The Balaban J connectivity index is 2.18. The van der Waals surface area contributed by atoms with Crippen molar-refractivity contribution in [1.29, 1.82) is 0 Å². The lowest BCUT2D eigenvalue weighted by Crippen LogP contribution is -2.28. The van der Waals surface area contributed by atoms with Gasteiger partial charge in [-0.1, -0.05) is 0 Å². The number of amides is 1. The first-order chi connectivity index (χ1) is 9.45. The van der Waals surface area contributed by atoms with Crippen molar-refractivity contribution in [3.63, 3.8) is 0 Å². The average molecular weight is 340 g/mol. The van der Waals surface area contributed by atoms with E-state index in [4.69, 9.17) is 0 Å². The predicted molar refractivity (Wildman–Crippen MR) is 79.3 cm³/mol. The van der Waals surface area contributed by atoms with E-state index in [0.717, 1.165) is 22.4 Å². The van der Waals surface area contributed by atoms with E-state index in [-0.39, 0.29) is 5.91 Å². The van der Waals surface area contributed by atoms with Crippen molar-refractivity contribution in [3.05, 3.63) is 33.8 Å². The van der Waals surface area contributed by atoms with Crippen LogP contribution in [0.2, 0.25) is 0 Å². The Morgan fingerprint density at radius 3 is 2.75 bits per heavy atom. The maximum atomic E-state index is 12.4. The third-order valence-electron chi connectivity index (χ3n) is 3.31. The topological polar surface area (TPSA) is 56.0 Å². The first-order valence-corrected chi connectivity index (χ1v) is 7.20. The molecule has 2 rings (SSSR count). The quantitative estimate of drug-likeness (QED) is 0.855. The molecule has 0 saturated heterocycles. The van der Waals surface area contributed by atoms with Crippen LogP contribution in [0.5, 0.6) is 0 Å². The summed E-state index contributed by atoms with van der Waals surface area (Å²) in [5.74, 6) is -0.107. The maximum Gasteiger partial charge on any atom is 0.275 e. The van der Waals surface area contributed by atoms with E-state index in [2.05, 4.69) is 26.1 Å². The van der Waals surface area contributed by atoms with Crippen molar-refractivity contribution >= 4 is 21.8 Å². The normalized spacial score (nSPS) is 10.8. The van der Waals surface area contributed by atoms with E-state index in [1.165, 1.54) is 0 Å². The second-order valence-corrected chi connectivity index (χ2v) is 5.46. The van der Waals surface area contributed by atoms with Gasteiger partial charge in [-0.15, -0.1) is 0 Å². The Kier molecular flexibility index (Phi) is 4.27. The molecule has 20 heavy (non-hydrogen) atoms. The van der Waals surface area contributed by atoms with E-state index < -0.39 is 0 Å². The zero-order valence-corrected chi connectivity index (χ0v) is 13.7. The molecule has 6 nitrogen and oxygen atoms in total. The molecule has 0 aliphatic heterocycles. The summed E-state index contributed by atoms with van der Waals surface area (Å²) in [6, 6.07) is 1.92. The zero-order valence-electron chi connectivity index (χ0n) is 12.1. The highest BCUT2D eigenvalue weighted by Crippen LogP contribution is 2.21. The van der Waals surface area contributed by atoms with E-state index >= 15 is 0 Å². The Labute approximate surface area is 126 Å². The smallest absolute Gasteiger partial charge is 0.275 e. The second-order valence-electron chi connectivity index (χ2n) is 4.67. The van der Waals surface area contributed by atoms with Gasteiger partial charge in [0.15, 0.2) is 5.69 Å². The van der Waals surface area contributed by atoms with Gasteiger partial charge in [0.05, 0.1) is 22.4 Å². The summed E-state index contributed by atoms with van der Waals surface area (Å²) in [5, 5.41) is 8.46. The number of hydrogen-bond donors (Lipinski definition) is 0. The van der Waals surface area contributed by atoms with Crippen molar-refractivity contribution < 1.29 is 4.79 Å². The molecule has 7 heteroatoms.